The summed E-state index contributed by atoms with van der Waals surface area (Å²) in [7, 11) is 3.27. The normalized spacial score (nSPS) is 14.3. The molecule has 0 saturated carbocycles. The Hall–Kier alpha value is -3.00. The minimum Gasteiger partial charge on any atom is -0.493 e. The largest absolute Gasteiger partial charge is 0.493 e. The Kier molecular flexibility index (Phi) is 5.21. The van der Waals surface area contributed by atoms with Crippen LogP contribution in [0.1, 0.15) is 11.3 Å². The first-order valence-corrected chi connectivity index (χ1v) is 9.33. The zero-order valence-corrected chi connectivity index (χ0v) is 16.4. The zero-order valence-electron chi connectivity index (χ0n) is 16.4. The van der Waals surface area contributed by atoms with E-state index in [1.165, 1.54) is 0 Å². The van der Waals surface area contributed by atoms with Crippen LogP contribution in [0.5, 0.6) is 11.5 Å². The zero-order chi connectivity index (χ0) is 19.5. The highest BCUT2D eigenvalue weighted by molar-refractivity contribution is 5.89. The Morgan fingerprint density at radius 1 is 1.11 bits per heavy atom. The van der Waals surface area contributed by atoms with Crippen LogP contribution in [0.3, 0.4) is 0 Å². The molecule has 0 atom stereocenters. The van der Waals surface area contributed by atoms with Crippen molar-refractivity contribution in [3.05, 3.63) is 35.5 Å². The number of aromatic nitrogens is 3. The molecule has 3 aromatic rings. The molecule has 0 bridgehead atoms. The fourth-order valence-electron chi connectivity index (χ4n) is 3.34. The number of aryl methyl sites for hydroxylation is 1. The molecule has 8 heteroatoms. The van der Waals surface area contributed by atoms with Crippen molar-refractivity contribution >= 4 is 22.8 Å². The highest BCUT2D eigenvalue weighted by Gasteiger charge is 2.17. The first-order valence-electron chi connectivity index (χ1n) is 9.33. The molecule has 0 amide bonds. The van der Waals surface area contributed by atoms with Crippen LogP contribution in [0, 0.1) is 6.92 Å². The number of morpholine rings is 1. The third-order valence-electron chi connectivity index (χ3n) is 4.81. The van der Waals surface area contributed by atoms with E-state index in [0.29, 0.717) is 37.2 Å². The van der Waals surface area contributed by atoms with Crippen molar-refractivity contribution in [3.8, 4) is 11.5 Å². The molecule has 0 radical (unpaired) electrons. The third-order valence-corrected chi connectivity index (χ3v) is 4.81. The maximum absolute atomic E-state index is 5.45. The summed E-state index contributed by atoms with van der Waals surface area (Å²) in [5, 5.41) is 4.44. The number of anilines is 2. The van der Waals surface area contributed by atoms with E-state index in [0.717, 1.165) is 41.2 Å². The number of H-pyrrole nitrogens is 1. The molecule has 1 aliphatic rings. The minimum atomic E-state index is 0.610. The second-order valence-corrected chi connectivity index (χ2v) is 6.73. The van der Waals surface area contributed by atoms with Gasteiger partial charge in [0, 0.05) is 25.3 Å². The maximum atomic E-state index is 5.45. The van der Waals surface area contributed by atoms with E-state index in [1.54, 1.807) is 14.2 Å². The summed E-state index contributed by atoms with van der Waals surface area (Å²) < 4.78 is 16.2. The van der Waals surface area contributed by atoms with Gasteiger partial charge in [0.15, 0.2) is 11.5 Å². The van der Waals surface area contributed by atoms with Crippen molar-refractivity contribution in [1.29, 1.82) is 0 Å². The lowest BCUT2D eigenvalue weighted by molar-refractivity contribution is 0.122. The van der Waals surface area contributed by atoms with E-state index in [2.05, 4.69) is 21.3 Å². The van der Waals surface area contributed by atoms with Crippen LogP contribution in [-0.2, 0) is 11.3 Å². The van der Waals surface area contributed by atoms with Crippen LogP contribution in [0.2, 0.25) is 0 Å². The molecule has 2 N–H and O–H groups in total. The summed E-state index contributed by atoms with van der Waals surface area (Å²) in [4.78, 5) is 15.0. The fraction of sp³-hybridized carbons (Fsp3) is 0.400. The van der Waals surface area contributed by atoms with E-state index in [1.807, 2.05) is 25.1 Å². The van der Waals surface area contributed by atoms with Gasteiger partial charge in [-0.2, -0.15) is 9.97 Å². The molecule has 0 spiro atoms. The Balaban J connectivity index is 1.62. The number of hydrogen-bond donors (Lipinski definition) is 2. The van der Waals surface area contributed by atoms with E-state index >= 15 is 0 Å². The first kappa shape index (κ1) is 18.4. The number of rotatable bonds is 6. The third kappa shape index (κ3) is 3.68. The van der Waals surface area contributed by atoms with Crippen molar-refractivity contribution in [2.45, 2.75) is 13.5 Å². The van der Waals surface area contributed by atoms with Gasteiger partial charge < -0.3 is 29.4 Å². The number of ether oxygens (including phenoxy) is 3. The van der Waals surface area contributed by atoms with Crippen LogP contribution in [0.15, 0.2) is 24.3 Å². The molecule has 3 heterocycles. The summed E-state index contributed by atoms with van der Waals surface area (Å²) in [5.41, 5.74) is 2.96. The fourth-order valence-corrected chi connectivity index (χ4v) is 3.34. The molecule has 2 aromatic heterocycles. The van der Waals surface area contributed by atoms with Crippen molar-refractivity contribution in [2.24, 2.45) is 0 Å². The topological polar surface area (TPSA) is 84.5 Å². The summed E-state index contributed by atoms with van der Waals surface area (Å²) in [6.45, 7) is 5.60. The standard InChI is InChI=1S/C20H25N5O3/c1-13-10-15-18(21-12-14-4-5-16(26-2)17(11-14)27-3)23-20(24-19(15)22-13)25-6-8-28-9-7-25/h4-5,10-11H,6-9,12H2,1-3H3,(H2,21,22,23,24). The molecule has 1 aliphatic heterocycles. The minimum absolute atomic E-state index is 0.610. The van der Waals surface area contributed by atoms with Crippen LogP contribution in [0.4, 0.5) is 11.8 Å². The number of nitrogens with one attached hydrogen (secondary N) is 2. The van der Waals surface area contributed by atoms with Crippen LogP contribution >= 0.6 is 0 Å². The van der Waals surface area contributed by atoms with Gasteiger partial charge in [0.2, 0.25) is 5.95 Å². The van der Waals surface area contributed by atoms with E-state index in [-0.39, 0.29) is 0 Å². The van der Waals surface area contributed by atoms with Gasteiger partial charge in [0.25, 0.3) is 0 Å². The Morgan fingerprint density at radius 2 is 1.89 bits per heavy atom. The van der Waals surface area contributed by atoms with Crippen LogP contribution in [-0.4, -0.2) is 55.5 Å². The van der Waals surface area contributed by atoms with Gasteiger partial charge in [0.05, 0.1) is 32.8 Å². The molecule has 0 aliphatic carbocycles. The maximum Gasteiger partial charge on any atom is 0.229 e. The molecule has 1 fully saturated rings. The van der Waals surface area contributed by atoms with Gasteiger partial charge >= 0.3 is 0 Å². The van der Waals surface area contributed by atoms with Crippen LogP contribution in [0.25, 0.3) is 11.0 Å². The van der Waals surface area contributed by atoms with E-state index in [4.69, 9.17) is 24.2 Å². The van der Waals surface area contributed by atoms with Gasteiger partial charge in [-0.1, -0.05) is 6.07 Å². The molecular weight excluding hydrogens is 358 g/mol. The highest BCUT2D eigenvalue weighted by atomic mass is 16.5. The summed E-state index contributed by atoms with van der Waals surface area (Å²) in [6, 6.07) is 7.95. The van der Waals surface area contributed by atoms with Gasteiger partial charge in [-0.3, -0.25) is 0 Å². The van der Waals surface area contributed by atoms with Gasteiger partial charge in [-0.05, 0) is 30.7 Å². The summed E-state index contributed by atoms with van der Waals surface area (Å²) in [5.74, 6) is 2.95. The predicted molar refractivity (Wildman–Crippen MR) is 109 cm³/mol. The van der Waals surface area contributed by atoms with Gasteiger partial charge in [-0.25, -0.2) is 0 Å². The number of methoxy groups -OCH3 is 2. The lowest BCUT2D eigenvalue weighted by Gasteiger charge is -2.27. The van der Waals surface area contributed by atoms with Gasteiger partial charge in [-0.15, -0.1) is 0 Å². The Labute approximate surface area is 163 Å². The number of fused-ring (bicyclic) bond motifs is 1. The average molecular weight is 383 g/mol. The predicted octanol–water partition coefficient (Wildman–Crippen LogP) is 2.73. The van der Waals surface area contributed by atoms with Gasteiger partial charge in [0.1, 0.15) is 11.5 Å². The molecule has 0 unspecified atom stereocenters. The smallest absolute Gasteiger partial charge is 0.229 e. The first-order chi connectivity index (χ1) is 13.7. The number of aromatic amines is 1. The molecule has 4 rings (SSSR count). The molecule has 1 saturated heterocycles. The molecule has 28 heavy (non-hydrogen) atoms. The Bertz CT molecular complexity index is 966. The lowest BCUT2D eigenvalue weighted by atomic mass is 10.2. The average Bonchev–Trinajstić information content (AvgIpc) is 3.12. The highest BCUT2D eigenvalue weighted by Crippen LogP contribution is 2.29. The number of benzene rings is 1. The molecule has 8 nitrogen and oxygen atoms in total. The lowest BCUT2D eigenvalue weighted by Crippen LogP contribution is -2.37. The summed E-state index contributed by atoms with van der Waals surface area (Å²) >= 11 is 0. The van der Waals surface area contributed by atoms with E-state index in [9.17, 15) is 0 Å². The van der Waals surface area contributed by atoms with E-state index < -0.39 is 0 Å². The van der Waals surface area contributed by atoms with Crippen molar-refractivity contribution in [3.63, 3.8) is 0 Å². The number of nitrogens with zero attached hydrogens (tertiary/aromatic N) is 3. The quantitative estimate of drug-likeness (QED) is 0.677. The van der Waals surface area contributed by atoms with Crippen molar-refractivity contribution < 1.29 is 14.2 Å². The monoisotopic (exact) mass is 383 g/mol. The SMILES string of the molecule is COc1ccc(CNc2nc(N3CCOCC3)nc3[nH]c(C)cc23)cc1OC. The van der Waals surface area contributed by atoms with Crippen molar-refractivity contribution in [1.82, 2.24) is 15.0 Å². The Morgan fingerprint density at radius 3 is 2.64 bits per heavy atom. The summed E-state index contributed by atoms with van der Waals surface area (Å²) in [6.07, 6.45) is 0. The molecular formula is C20H25N5O3. The molecule has 148 valence electrons. The number of hydrogen-bond acceptors (Lipinski definition) is 7. The second-order valence-electron chi connectivity index (χ2n) is 6.73. The second kappa shape index (κ2) is 7.93. The van der Waals surface area contributed by atoms with Crippen molar-refractivity contribution in [2.75, 3.05) is 50.7 Å². The van der Waals surface area contributed by atoms with Crippen LogP contribution < -0.4 is 19.7 Å². The molecule has 1 aromatic carbocycles.